The molecule has 0 radical (unpaired) electrons. The van der Waals surface area contributed by atoms with E-state index in [1.807, 2.05) is 24.3 Å². The number of para-hydroxylation sites is 1. The molecule has 1 aliphatic heterocycles. The molecule has 25 heavy (non-hydrogen) atoms. The maximum Gasteiger partial charge on any atom is 0.315 e. The first-order valence-corrected chi connectivity index (χ1v) is 8.33. The summed E-state index contributed by atoms with van der Waals surface area (Å²) in [5.74, 6) is 0.424. The van der Waals surface area contributed by atoms with Crippen molar-refractivity contribution in [2.75, 3.05) is 13.2 Å². The molecule has 2 amide bonds. The lowest BCUT2D eigenvalue weighted by atomic mass is 10.0. The molecule has 3 N–H and O–H groups in total. The lowest BCUT2D eigenvalue weighted by Gasteiger charge is -2.19. The molecule has 1 aliphatic rings. The molecule has 0 bridgehead atoms. The molecule has 0 aliphatic carbocycles. The molecule has 1 heterocycles. The number of aliphatic hydroxyl groups excluding tert-OH is 1. The predicted molar refractivity (Wildman–Crippen MR) is 91.8 cm³/mol. The normalized spacial score (nSPS) is 17.6. The number of aliphatic hydroxyl groups is 1. The summed E-state index contributed by atoms with van der Waals surface area (Å²) in [5, 5.41) is 15.7. The van der Waals surface area contributed by atoms with E-state index < -0.39 is 6.10 Å². The molecular weight excluding hydrogens is 323 g/mol. The van der Waals surface area contributed by atoms with Crippen LogP contribution >= 0.6 is 0 Å². The fourth-order valence-electron chi connectivity index (χ4n) is 2.88. The number of benzene rings is 2. The van der Waals surface area contributed by atoms with Crippen molar-refractivity contribution in [3.05, 3.63) is 65.5 Å². The monoisotopic (exact) mass is 344 g/mol. The van der Waals surface area contributed by atoms with Crippen LogP contribution < -0.4 is 15.4 Å². The van der Waals surface area contributed by atoms with Gasteiger partial charge in [-0.3, -0.25) is 0 Å². The first kappa shape index (κ1) is 17.2. The molecule has 132 valence electrons. The third-order valence-corrected chi connectivity index (χ3v) is 4.21. The van der Waals surface area contributed by atoms with Crippen LogP contribution in [-0.2, 0) is 0 Å². The summed E-state index contributed by atoms with van der Waals surface area (Å²) in [5.41, 5.74) is 1.50. The van der Waals surface area contributed by atoms with Gasteiger partial charge in [0.2, 0.25) is 0 Å². The van der Waals surface area contributed by atoms with Crippen LogP contribution in [0.5, 0.6) is 5.75 Å². The second kappa shape index (κ2) is 7.98. The zero-order valence-electron chi connectivity index (χ0n) is 13.7. The minimum absolute atomic E-state index is 0.0440. The first-order valence-electron chi connectivity index (χ1n) is 8.33. The number of hydrogen-bond acceptors (Lipinski definition) is 3. The van der Waals surface area contributed by atoms with Crippen LogP contribution in [0.1, 0.15) is 36.1 Å². The van der Waals surface area contributed by atoms with Crippen LogP contribution in [0.2, 0.25) is 0 Å². The average Bonchev–Trinajstić information content (AvgIpc) is 2.83. The second-order valence-electron chi connectivity index (χ2n) is 6.00. The Kier molecular flexibility index (Phi) is 5.50. The Labute approximate surface area is 145 Å². The Balaban J connectivity index is 1.56. The molecule has 0 saturated carbocycles. The lowest BCUT2D eigenvalue weighted by molar-refractivity contribution is 0.172. The van der Waals surface area contributed by atoms with Gasteiger partial charge in [0, 0.05) is 12.1 Å². The second-order valence-corrected chi connectivity index (χ2v) is 6.00. The Bertz CT molecular complexity index is 721. The summed E-state index contributed by atoms with van der Waals surface area (Å²) in [6.07, 6.45) is 0.735. The summed E-state index contributed by atoms with van der Waals surface area (Å²) in [7, 11) is 0. The van der Waals surface area contributed by atoms with Gasteiger partial charge in [-0.2, -0.15) is 0 Å². The van der Waals surface area contributed by atoms with Crippen LogP contribution in [0.3, 0.4) is 0 Å². The number of halogens is 1. The number of urea groups is 1. The molecule has 2 aromatic rings. The number of hydrogen-bond donors (Lipinski definition) is 3. The maximum atomic E-state index is 12.9. The van der Waals surface area contributed by atoms with Crippen molar-refractivity contribution in [2.45, 2.75) is 25.0 Å². The van der Waals surface area contributed by atoms with Gasteiger partial charge in [0.25, 0.3) is 0 Å². The van der Waals surface area contributed by atoms with Gasteiger partial charge in [0.1, 0.15) is 11.6 Å². The Morgan fingerprint density at radius 1 is 1.24 bits per heavy atom. The molecule has 3 rings (SSSR count). The largest absolute Gasteiger partial charge is 0.493 e. The summed E-state index contributed by atoms with van der Waals surface area (Å²) >= 11 is 0. The number of nitrogens with one attached hydrogen (secondary N) is 2. The van der Waals surface area contributed by atoms with E-state index in [1.165, 1.54) is 24.3 Å². The van der Waals surface area contributed by atoms with E-state index in [0.717, 1.165) is 24.2 Å². The summed E-state index contributed by atoms with van der Waals surface area (Å²) in [6, 6.07) is 12.7. The number of ether oxygens (including phenoxy) is 1. The highest BCUT2D eigenvalue weighted by Crippen LogP contribution is 2.30. The number of rotatable bonds is 4. The predicted octanol–water partition coefficient (Wildman–Crippen LogP) is 3.07. The van der Waals surface area contributed by atoms with Crippen molar-refractivity contribution >= 4 is 6.03 Å². The third-order valence-electron chi connectivity index (χ3n) is 4.21. The van der Waals surface area contributed by atoms with Crippen LogP contribution in [-0.4, -0.2) is 24.3 Å². The van der Waals surface area contributed by atoms with Gasteiger partial charge < -0.3 is 20.5 Å². The van der Waals surface area contributed by atoms with E-state index in [1.54, 1.807) is 0 Å². The highest BCUT2D eigenvalue weighted by atomic mass is 19.1. The van der Waals surface area contributed by atoms with Crippen molar-refractivity contribution in [1.29, 1.82) is 0 Å². The summed E-state index contributed by atoms with van der Waals surface area (Å²) < 4.78 is 18.6. The minimum Gasteiger partial charge on any atom is -0.493 e. The first-order chi connectivity index (χ1) is 12.1. The van der Waals surface area contributed by atoms with Gasteiger partial charge in [-0.1, -0.05) is 30.3 Å². The van der Waals surface area contributed by atoms with Crippen LogP contribution in [0.4, 0.5) is 9.18 Å². The van der Waals surface area contributed by atoms with Crippen LogP contribution in [0.25, 0.3) is 0 Å². The smallest absolute Gasteiger partial charge is 0.315 e. The van der Waals surface area contributed by atoms with Gasteiger partial charge in [0.05, 0.1) is 18.8 Å². The number of carbonyl (C=O) groups is 1. The molecule has 5 nitrogen and oxygen atoms in total. The number of amides is 2. The van der Waals surface area contributed by atoms with E-state index in [0.29, 0.717) is 12.2 Å². The van der Waals surface area contributed by atoms with Gasteiger partial charge in [-0.25, -0.2) is 9.18 Å². The van der Waals surface area contributed by atoms with E-state index in [2.05, 4.69) is 10.6 Å². The van der Waals surface area contributed by atoms with Gasteiger partial charge in [-0.05, 0) is 36.6 Å². The fraction of sp³-hybridized carbons (Fsp3) is 0.316. The van der Waals surface area contributed by atoms with Gasteiger partial charge >= 0.3 is 6.03 Å². The van der Waals surface area contributed by atoms with E-state index in [-0.39, 0.29) is 24.4 Å². The average molecular weight is 344 g/mol. The summed E-state index contributed by atoms with van der Waals surface area (Å²) in [6.45, 7) is 0.669. The van der Waals surface area contributed by atoms with Crippen molar-refractivity contribution in [2.24, 2.45) is 0 Å². The van der Waals surface area contributed by atoms with E-state index >= 15 is 0 Å². The molecule has 2 aromatic carbocycles. The van der Waals surface area contributed by atoms with Crippen molar-refractivity contribution in [3.63, 3.8) is 0 Å². The minimum atomic E-state index is -0.892. The maximum absolute atomic E-state index is 12.9. The lowest BCUT2D eigenvalue weighted by Crippen LogP contribution is -2.39. The van der Waals surface area contributed by atoms with Gasteiger partial charge in [0.15, 0.2) is 0 Å². The zero-order valence-corrected chi connectivity index (χ0v) is 13.7. The van der Waals surface area contributed by atoms with Crippen molar-refractivity contribution < 1.29 is 19.0 Å². The zero-order chi connectivity index (χ0) is 17.6. The quantitative estimate of drug-likeness (QED) is 0.798. The Hall–Kier alpha value is -2.60. The van der Waals surface area contributed by atoms with Crippen LogP contribution in [0.15, 0.2) is 48.5 Å². The molecule has 0 spiro atoms. The molecule has 2 atom stereocenters. The molecule has 2 unspecified atom stereocenters. The molecule has 6 heteroatoms. The Morgan fingerprint density at radius 2 is 2.00 bits per heavy atom. The Morgan fingerprint density at radius 3 is 2.80 bits per heavy atom. The topological polar surface area (TPSA) is 70.6 Å². The van der Waals surface area contributed by atoms with Crippen LogP contribution in [0, 0.1) is 5.82 Å². The summed E-state index contributed by atoms with van der Waals surface area (Å²) in [4.78, 5) is 12.2. The highest BCUT2D eigenvalue weighted by Gasteiger charge is 2.21. The highest BCUT2D eigenvalue weighted by molar-refractivity contribution is 5.74. The van der Waals surface area contributed by atoms with E-state index in [4.69, 9.17) is 4.74 Å². The molecule has 0 aromatic heterocycles. The van der Waals surface area contributed by atoms with Gasteiger partial charge in [-0.15, -0.1) is 0 Å². The van der Waals surface area contributed by atoms with Crippen molar-refractivity contribution in [1.82, 2.24) is 10.6 Å². The van der Waals surface area contributed by atoms with Crippen molar-refractivity contribution in [3.8, 4) is 5.75 Å². The third kappa shape index (κ3) is 4.48. The number of carbonyl (C=O) groups excluding carboxylic acids is 1. The molecule has 0 fully saturated rings. The fourth-order valence-corrected chi connectivity index (χ4v) is 2.88. The number of fused-ring (bicyclic) bond motifs is 1. The standard InChI is InChI=1S/C19H21FN2O3/c20-14-9-7-13(8-10-14)17(23)12-21-19(24)22-16-5-3-11-25-18-6-2-1-4-15(16)18/h1-2,4,6-10,16-17,23H,3,5,11-12H2,(H2,21,22,24). The molecular formula is C19H21FN2O3. The molecule has 0 saturated heterocycles. The van der Waals surface area contributed by atoms with E-state index in [9.17, 15) is 14.3 Å². The SMILES string of the molecule is O=C(NCC(O)c1ccc(F)cc1)NC1CCCOc2ccccc21.